The van der Waals surface area contributed by atoms with Gasteiger partial charge in [0.05, 0.1) is 12.0 Å². The Hall–Kier alpha value is -0.600. The van der Waals surface area contributed by atoms with Crippen molar-refractivity contribution in [1.82, 2.24) is 10.2 Å². The van der Waals surface area contributed by atoms with E-state index >= 15 is 0 Å². The van der Waals surface area contributed by atoms with E-state index in [-0.39, 0.29) is 5.92 Å². The third kappa shape index (κ3) is 2.93. The monoisotopic (exact) mass is 239 g/mol. The Balaban J connectivity index is 2.01. The summed E-state index contributed by atoms with van der Waals surface area (Å²) < 4.78 is 1.00. The fraction of sp³-hybridized carbons (Fsp3) is 0.700. The van der Waals surface area contributed by atoms with Crippen LogP contribution in [0.25, 0.3) is 0 Å². The van der Waals surface area contributed by atoms with Crippen molar-refractivity contribution in [1.29, 1.82) is 5.26 Å². The van der Waals surface area contributed by atoms with Gasteiger partial charge >= 0.3 is 0 Å². The van der Waals surface area contributed by atoms with Crippen LogP contribution in [-0.2, 0) is 0 Å². The largest absolute Gasteiger partial charge is 0.198 e. The van der Waals surface area contributed by atoms with Crippen molar-refractivity contribution in [2.24, 2.45) is 5.92 Å². The van der Waals surface area contributed by atoms with Crippen molar-refractivity contribution in [3.63, 3.8) is 0 Å². The summed E-state index contributed by atoms with van der Waals surface area (Å²) in [5.41, 5.74) is 1.75. The Kier molecular flexibility index (Phi) is 3.98. The number of hydrogen-bond donors (Lipinski definition) is 0. The molecule has 1 saturated carbocycles. The molecular weight excluding hydrogens is 226 g/mol. The first-order valence-corrected chi connectivity index (χ1v) is 6.98. The second kappa shape index (κ2) is 5.47. The van der Waals surface area contributed by atoms with E-state index in [1.807, 2.05) is 0 Å². The topological polar surface area (TPSA) is 49.6 Å². The minimum Gasteiger partial charge on any atom is -0.198 e. The van der Waals surface area contributed by atoms with Crippen molar-refractivity contribution in [3.05, 3.63) is 5.51 Å². The number of thioether (sulfide) groups is 1. The van der Waals surface area contributed by atoms with E-state index in [0.29, 0.717) is 5.25 Å². The molecule has 1 heterocycles. The maximum absolute atomic E-state index is 9.12. The van der Waals surface area contributed by atoms with Gasteiger partial charge in [-0.15, -0.1) is 10.2 Å². The van der Waals surface area contributed by atoms with Crippen LogP contribution in [0.2, 0.25) is 0 Å². The Morgan fingerprint density at radius 3 is 3.00 bits per heavy atom. The van der Waals surface area contributed by atoms with Gasteiger partial charge in [0.15, 0.2) is 4.34 Å². The molecule has 0 N–H and O–H groups in total. The summed E-state index contributed by atoms with van der Waals surface area (Å²) in [5, 5.41) is 17.4. The normalized spacial score (nSPS) is 26.9. The van der Waals surface area contributed by atoms with Gasteiger partial charge in [0.1, 0.15) is 5.51 Å². The van der Waals surface area contributed by atoms with Crippen molar-refractivity contribution in [3.8, 4) is 6.07 Å². The zero-order valence-electron chi connectivity index (χ0n) is 8.43. The average molecular weight is 239 g/mol. The van der Waals surface area contributed by atoms with E-state index in [1.54, 1.807) is 28.6 Å². The predicted octanol–water partition coefficient (Wildman–Crippen LogP) is 3.10. The molecule has 0 radical (unpaired) electrons. The molecule has 1 aromatic rings. The second-order valence-corrected chi connectivity index (χ2v) is 6.05. The van der Waals surface area contributed by atoms with Gasteiger partial charge in [0.25, 0.3) is 0 Å². The van der Waals surface area contributed by atoms with Crippen molar-refractivity contribution < 1.29 is 0 Å². The smallest absolute Gasteiger partial charge is 0.174 e. The molecule has 2 unspecified atom stereocenters. The lowest BCUT2D eigenvalue weighted by molar-refractivity contribution is 0.585. The Morgan fingerprint density at radius 1 is 1.40 bits per heavy atom. The standard InChI is InChI=1S/C10H13N3S2/c11-6-8-4-2-1-3-5-9(8)15-10-13-12-7-14-10/h7-9H,1-5H2. The molecule has 0 aromatic carbocycles. The first-order chi connectivity index (χ1) is 7.40. The number of rotatable bonds is 2. The Labute approximate surface area is 97.9 Å². The molecule has 0 saturated heterocycles. The summed E-state index contributed by atoms with van der Waals surface area (Å²) >= 11 is 3.31. The second-order valence-electron chi connectivity index (χ2n) is 3.73. The SMILES string of the molecule is N#CC1CCCCCC1Sc1nncs1. The first-order valence-electron chi connectivity index (χ1n) is 5.22. The van der Waals surface area contributed by atoms with Crippen LogP contribution in [0, 0.1) is 17.2 Å². The quantitative estimate of drug-likeness (QED) is 0.744. The molecule has 1 aliphatic rings. The molecule has 0 aliphatic heterocycles. The molecular formula is C10H13N3S2. The van der Waals surface area contributed by atoms with E-state index < -0.39 is 0 Å². The molecule has 0 amide bonds. The first kappa shape index (κ1) is 10.9. The number of nitriles is 1. The highest BCUT2D eigenvalue weighted by Gasteiger charge is 2.25. The molecule has 2 rings (SSSR count). The van der Waals surface area contributed by atoms with Crippen LogP contribution >= 0.6 is 23.1 Å². The van der Waals surface area contributed by atoms with Gasteiger partial charge in [-0.3, -0.25) is 0 Å². The summed E-state index contributed by atoms with van der Waals surface area (Å²) in [6.07, 6.45) is 5.90. The molecule has 1 fully saturated rings. The van der Waals surface area contributed by atoms with Crippen LogP contribution in [0.15, 0.2) is 9.85 Å². The van der Waals surface area contributed by atoms with Gasteiger partial charge in [-0.2, -0.15) is 5.26 Å². The highest BCUT2D eigenvalue weighted by molar-refractivity contribution is 8.01. The van der Waals surface area contributed by atoms with E-state index in [1.165, 1.54) is 19.3 Å². The molecule has 0 spiro atoms. The summed E-state index contributed by atoms with van der Waals surface area (Å²) in [4.78, 5) is 0. The minimum absolute atomic E-state index is 0.196. The third-order valence-corrected chi connectivity index (χ3v) is 4.92. The van der Waals surface area contributed by atoms with Crippen LogP contribution in [0.3, 0.4) is 0 Å². The van der Waals surface area contributed by atoms with Crippen LogP contribution in [-0.4, -0.2) is 15.4 Å². The van der Waals surface area contributed by atoms with E-state index in [2.05, 4.69) is 16.3 Å². The molecule has 80 valence electrons. The average Bonchev–Trinajstić information content (AvgIpc) is 2.64. The lowest BCUT2D eigenvalue weighted by Crippen LogP contribution is -2.13. The van der Waals surface area contributed by atoms with E-state index in [0.717, 1.165) is 17.2 Å². The zero-order chi connectivity index (χ0) is 10.5. The molecule has 1 aromatic heterocycles. The molecule has 2 atom stereocenters. The molecule has 3 nitrogen and oxygen atoms in total. The maximum atomic E-state index is 9.12. The van der Waals surface area contributed by atoms with E-state index in [9.17, 15) is 0 Å². The number of hydrogen-bond acceptors (Lipinski definition) is 5. The summed E-state index contributed by atoms with van der Waals surface area (Å²) in [6, 6.07) is 2.44. The lowest BCUT2D eigenvalue weighted by Gasteiger charge is -2.16. The Bertz CT molecular complexity index is 331. The molecule has 1 aliphatic carbocycles. The Morgan fingerprint density at radius 2 is 2.27 bits per heavy atom. The van der Waals surface area contributed by atoms with Crippen LogP contribution in [0.4, 0.5) is 0 Å². The van der Waals surface area contributed by atoms with Gasteiger partial charge in [0, 0.05) is 5.25 Å². The number of nitrogens with zero attached hydrogens (tertiary/aromatic N) is 3. The van der Waals surface area contributed by atoms with Gasteiger partial charge in [0.2, 0.25) is 0 Å². The predicted molar refractivity (Wildman–Crippen MR) is 61.7 cm³/mol. The maximum Gasteiger partial charge on any atom is 0.174 e. The molecule has 0 bridgehead atoms. The highest BCUT2D eigenvalue weighted by Crippen LogP contribution is 2.36. The third-order valence-electron chi connectivity index (χ3n) is 2.71. The summed E-state index contributed by atoms with van der Waals surface area (Å²) in [7, 11) is 0. The van der Waals surface area contributed by atoms with Crippen LogP contribution in [0.1, 0.15) is 32.1 Å². The van der Waals surface area contributed by atoms with Gasteiger partial charge in [-0.05, 0) is 12.8 Å². The van der Waals surface area contributed by atoms with Gasteiger partial charge in [-0.25, -0.2) is 0 Å². The van der Waals surface area contributed by atoms with Crippen molar-refractivity contribution in [2.75, 3.05) is 0 Å². The molecule has 15 heavy (non-hydrogen) atoms. The van der Waals surface area contributed by atoms with Crippen LogP contribution in [0.5, 0.6) is 0 Å². The van der Waals surface area contributed by atoms with Gasteiger partial charge in [-0.1, -0.05) is 42.4 Å². The fourth-order valence-corrected chi connectivity index (χ4v) is 3.91. The fourth-order valence-electron chi connectivity index (χ4n) is 1.91. The highest BCUT2D eigenvalue weighted by atomic mass is 32.2. The zero-order valence-corrected chi connectivity index (χ0v) is 10.1. The van der Waals surface area contributed by atoms with E-state index in [4.69, 9.17) is 5.26 Å². The summed E-state index contributed by atoms with van der Waals surface area (Å²) in [5.74, 6) is 0.196. The molecule has 5 heteroatoms. The minimum atomic E-state index is 0.196. The van der Waals surface area contributed by atoms with Crippen molar-refractivity contribution in [2.45, 2.75) is 41.7 Å². The number of aromatic nitrogens is 2. The van der Waals surface area contributed by atoms with Crippen LogP contribution < -0.4 is 0 Å². The summed E-state index contributed by atoms with van der Waals surface area (Å²) in [6.45, 7) is 0. The van der Waals surface area contributed by atoms with Crippen molar-refractivity contribution >= 4 is 23.1 Å². The van der Waals surface area contributed by atoms with Gasteiger partial charge < -0.3 is 0 Å². The lowest BCUT2D eigenvalue weighted by atomic mass is 10.0.